The van der Waals surface area contributed by atoms with Crippen LogP contribution in [0.1, 0.15) is 57.1 Å². The number of non-ortho nitro benzene ring substituents is 1. The number of benzene rings is 1. The van der Waals surface area contributed by atoms with Gasteiger partial charge in [0, 0.05) is 18.2 Å². The Kier molecular flexibility index (Phi) is 5.53. The van der Waals surface area contributed by atoms with Gasteiger partial charge in [-0.3, -0.25) is 10.1 Å². The van der Waals surface area contributed by atoms with Crippen molar-refractivity contribution in [1.29, 1.82) is 0 Å². The normalized spacial score (nSPS) is 17.9. The van der Waals surface area contributed by atoms with Crippen molar-refractivity contribution < 1.29 is 4.92 Å². The van der Waals surface area contributed by atoms with E-state index in [1.165, 1.54) is 44.6 Å². The van der Waals surface area contributed by atoms with Gasteiger partial charge in [-0.15, -0.1) is 0 Å². The predicted molar refractivity (Wildman–Crippen MR) is 80.7 cm³/mol. The molecule has 0 spiro atoms. The molecule has 0 aromatic heterocycles. The molecule has 1 saturated carbocycles. The fourth-order valence-electron chi connectivity index (χ4n) is 3.01. The average molecular weight is 276 g/mol. The highest BCUT2D eigenvalue weighted by molar-refractivity contribution is 5.35. The molecule has 1 N–H and O–H groups in total. The van der Waals surface area contributed by atoms with Crippen molar-refractivity contribution in [2.24, 2.45) is 5.92 Å². The van der Waals surface area contributed by atoms with E-state index in [0.29, 0.717) is 0 Å². The number of nitrogens with one attached hydrogen (secondary N) is 1. The second-order valence-corrected chi connectivity index (χ2v) is 5.82. The lowest BCUT2D eigenvalue weighted by atomic mass is 9.87. The molecule has 0 amide bonds. The van der Waals surface area contributed by atoms with E-state index in [-0.39, 0.29) is 16.7 Å². The van der Waals surface area contributed by atoms with Crippen molar-refractivity contribution in [1.82, 2.24) is 5.32 Å². The second-order valence-electron chi connectivity index (χ2n) is 5.82. The molecule has 0 radical (unpaired) electrons. The summed E-state index contributed by atoms with van der Waals surface area (Å²) in [6, 6.07) is 7.08. The first-order valence-electron chi connectivity index (χ1n) is 7.64. The van der Waals surface area contributed by atoms with Gasteiger partial charge in [0.2, 0.25) is 0 Å². The highest BCUT2D eigenvalue weighted by atomic mass is 16.6. The smallest absolute Gasteiger partial charge is 0.269 e. The summed E-state index contributed by atoms with van der Waals surface area (Å²) in [6.07, 6.45) is 8.11. The predicted octanol–water partition coefficient (Wildman–Crippen LogP) is 4.22. The maximum Gasteiger partial charge on any atom is 0.269 e. The Bertz CT molecular complexity index is 442. The Balaban J connectivity index is 1.80. The van der Waals surface area contributed by atoms with Gasteiger partial charge in [0.1, 0.15) is 0 Å². The number of hydrogen-bond donors (Lipinski definition) is 1. The fraction of sp³-hybridized carbons (Fsp3) is 0.625. The van der Waals surface area contributed by atoms with Crippen molar-refractivity contribution in [3.63, 3.8) is 0 Å². The molecule has 1 aromatic rings. The molecule has 1 fully saturated rings. The minimum Gasteiger partial charge on any atom is -0.310 e. The van der Waals surface area contributed by atoms with Gasteiger partial charge in [-0.25, -0.2) is 0 Å². The van der Waals surface area contributed by atoms with Gasteiger partial charge in [0.25, 0.3) is 5.69 Å². The zero-order chi connectivity index (χ0) is 14.4. The van der Waals surface area contributed by atoms with E-state index in [1.807, 2.05) is 6.07 Å². The summed E-state index contributed by atoms with van der Waals surface area (Å²) in [4.78, 5) is 10.4. The molecule has 1 unspecified atom stereocenters. The van der Waals surface area contributed by atoms with Crippen molar-refractivity contribution >= 4 is 5.69 Å². The van der Waals surface area contributed by atoms with E-state index in [9.17, 15) is 10.1 Å². The molecule has 110 valence electrons. The third-order valence-electron chi connectivity index (χ3n) is 4.31. The summed E-state index contributed by atoms with van der Waals surface area (Å²) in [5.41, 5.74) is 1.16. The maximum atomic E-state index is 10.8. The van der Waals surface area contributed by atoms with Crippen LogP contribution in [0, 0.1) is 16.0 Å². The maximum absolute atomic E-state index is 10.8. The molecule has 0 bridgehead atoms. The van der Waals surface area contributed by atoms with Crippen LogP contribution >= 0.6 is 0 Å². The fourth-order valence-corrected chi connectivity index (χ4v) is 3.01. The van der Waals surface area contributed by atoms with Crippen molar-refractivity contribution in [2.45, 2.75) is 51.5 Å². The molecule has 0 aliphatic heterocycles. The summed E-state index contributed by atoms with van der Waals surface area (Å²) in [5, 5.41) is 14.3. The van der Waals surface area contributed by atoms with Gasteiger partial charge in [-0.1, -0.05) is 44.2 Å². The Morgan fingerprint density at radius 2 is 2.10 bits per heavy atom. The van der Waals surface area contributed by atoms with Crippen LogP contribution in [0.5, 0.6) is 0 Å². The zero-order valence-electron chi connectivity index (χ0n) is 12.2. The van der Waals surface area contributed by atoms with Crippen LogP contribution in [-0.2, 0) is 0 Å². The molecule has 20 heavy (non-hydrogen) atoms. The largest absolute Gasteiger partial charge is 0.310 e. The number of rotatable bonds is 6. The lowest BCUT2D eigenvalue weighted by molar-refractivity contribution is -0.384. The summed E-state index contributed by atoms with van der Waals surface area (Å²) in [7, 11) is 0. The van der Waals surface area contributed by atoms with E-state index < -0.39 is 0 Å². The molecule has 0 saturated heterocycles. The number of nitro benzene ring substituents is 1. The van der Waals surface area contributed by atoms with Crippen LogP contribution in [0.2, 0.25) is 0 Å². The van der Waals surface area contributed by atoms with Crippen molar-refractivity contribution in [3.05, 3.63) is 39.9 Å². The lowest BCUT2D eigenvalue weighted by Crippen LogP contribution is -2.22. The Labute approximate surface area is 120 Å². The van der Waals surface area contributed by atoms with Gasteiger partial charge < -0.3 is 5.32 Å². The summed E-state index contributed by atoms with van der Waals surface area (Å²) >= 11 is 0. The van der Waals surface area contributed by atoms with E-state index in [2.05, 4.69) is 12.2 Å². The molecule has 4 nitrogen and oxygen atoms in total. The van der Waals surface area contributed by atoms with Crippen LogP contribution in [0.4, 0.5) is 5.69 Å². The summed E-state index contributed by atoms with van der Waals surface area (Å²) < 4.78 is 0. The molecular formula is C16H24N2O2. The second kappa shape index (κ2) is 7.39. The third-order valence-corrected chi connectivity index (χ3v) is 4.31. The van der Waals surface area contributed by atoms with Crippen LogP contribution in [0.15, 0.2) is 24.3 Å². The molecule has 1 aliphatic carbocycles. The lowest BCUT2D eigenvalue weighted by Gasteiger charge is -2.22. The topological polar surface area (TPSA) is 55.2 Å². The Morgan fingerprint density at radius 3 is 2.80 bits per heavy atom. The van der Waals surface area contributed by atoms with Crippen LogP contribution < -0.4 is 5.32 Å². The third kappa shape index (κ3) is 4.30. The molecule has 4 heteroatoms. The van der Waals surface area contributed by atoms with Crippen molar-refractivity contribution in [2.75, 3.05) is 6.54 Å². The van der Waals surface area contributed by atoms with Gasteiger partial charge in [-0.05, 0) is 31.4 Å². The van der Waals surface area contributed by atoms with Crippen LogP contribution in [0.25, 0.3) is 0 Å². The molecular weight excluding hydrogens is 252 g/mol. The highest BCUT2D eigenvalue weighted by Crippen LogP contribution is 2.26. The number of nitro groups is 1. The van der Waals surface area contributed by atoms with Crippen LogP contribution in [0.3, 0.4) is 0 Å². The monoisotopic (exact) mass is 276 g/mol. The summed E-state index contributed by atoms with van der Waals surface area (Å²) in [5.74, 6) is 0.869. The van der Waals surface area contributed by atoms with Crippen molar-refractivity contribution in [3.8, 4) is 0 Å². The van der Waals surface area contributed by atoms with E-state index >= 15 is 0 Å². The standard InChI is InChI=1S/C16H24N2O2/c1-13(15-8-5-9-16(12-15)18(19)20)17-11-10-14-6-3-2-4-7-14/h5,8-9,12-14,17H,2-4,6-7,10-11H2,1H3. The van der Waals surface area contributed by atoms with E-state index in [1.54, 1.807) is 12.1 Å². The zero-order valence-corrected chi connectivity index (χ0v) is 12.2. The van der Waals surface area contributed by atoms with Gasteiger partial charge >= 0.3 is 0 Å². The number of nitrogens with zero attached hydrogens (tertiary/aromatic N) is 1. The Hall–Kier alpha value is -1.42. The highest BCUT2D eigenvalue weighted by Gasteiger charge is 2.14. The van der Waals surface area contributed by atoms with Gasteiger partial charge in [-0.2, -0.15) is 0 Å². The van der Waals surface area contributed by atoms with Gasteiger partial charge in [0.15, 0.2) is 0 Å². The first kappa shape index (κ1) is 15.0. The molecule has 2 rings (SSSR count). The summed E-state index contributed by atoms with van der Waals surface area (Å²) in [6.45, 7) is 3.06. The minimum absolute atomic E-state index is 0.165. The average Bonchev–Trinajstić information content (AvgIpc) is 2.48. The molecule has 1 aliphatic rings. The molecule has 1 aromatic carbocycles. The SMILES string of the molecule is CC(NCCC1CCCCC1)c1cccc([N+](=O)[O-])c1. The number of hydrogen-bond acceptors (Lipinski definition) is 3. The van der Waals surface area contributed by atoms with Crippen LogP contribution in [-0.4, -0.2) is 11.5 Å². The molecule has 1 atom stereocenters. The first-order chi connectivity index (χ1) is 9.66. The quantitative estimate of drug-likeness (QED) is 0.625. The Morgan fingerprint density at radius 1 is 1.35 bits per heavy atom. The first-order valence-corrected chi connectivity index (χ1v) is 7.64. The van der Waals surface area contributed by atoms with E-state index in [0.717, 1.165) is 18.0 Å². The van der Waals surface area contributed by atoms with E-state index in [4.69, 9.17) is 0 Å². The minimum atomic E-state index is -0.335. The van der Waals surface area contributed by atoms with Gasteiger partial charge in [0.05, 0.1) is 4.92 Å². The molecule has 0 heterocycles.